The summed E-state index contributed by atoms with van der Waals surface area (Å²) in [7, 11) is 1.84. The molecule has 25 heavy (non-hydrogen) atoms. The number of hydrogen-bond acceptors (Lipinski definition) is 5. The normalized spacial score (nSPS) is 13.2. The summed E-state index contributed by atoms with van der Waals surface area (Å²) in [5.41, 5.74) is 4.52. The number of aliphatic imine (C=N–C) groups is 1. The van der Waals surface area contributed by atoms with E-state index in [0.717, 1.165) is 22.5 Å². The Morgan fingerprint density at radius 2 is 2.04 bits per heavy atom. The van der Waals surface area contributed by atoms with Crippen molar-refractivity contribution >= 4 is 17.0 Å². The largest absolute Gasteiger partial charge is 0.300 e. The van der Waals surface area contributed by atoms with Crippen LogP contribution < -0.4 is 5.56 Å². The van der Waals surface area contributed by atoms with Crippen molar-refractivity contribution < 1.29 is 0 Å². The molecule has 1 aliphatic heterocycles. The average molecular weight is 331 g/mol. The number of aromatic amines is 1. The van der Waals surface area contributed by atoms with Crippen molar-refractivity contribution in [1.82, 2.24) is 29.6 Å². The zero-order valence-corrected chi connectivity index (χ0v) is 13.3. The SMILES string of the molecule is Cn1ccc(-c2c[nH]n3c(=O)c(C4=Nc5ccccc5C4)nnc23)n1. The molecule has 5 rings (SSSR count). The lowest BCUT2D eigenvalue weighted by atomic mass is 10.1. The average Bonchev–Trinajstić information content (AvgIpc) is 3.32. The van der Waals surface area contributed by atoms with E-state index < -0.39 is 0 Å². The van der Waals surface area contributed by atoms with Gasteiger partial charge in [0.2, 0.25) is 0 Å². The Bertz CT molecular complexity index is 1210. The molecule has 0 bridgehead atoms. The third-order valence-corrected chi connectivity index (χ3v) is 4.31. The first kappa shape index (κ1) is 13.8. The molecule has 0 amide bonds. The summed E-state index contributed by atoms with van der Waals surface area (Å²) in [6.45, 7) is 0. The van der Waals surface area contributed by atoms with Crippen molar-refractivity contribution in [3.8, 4) is 11.3 Å². The minimum Gasteiger partial charge on any atom is -0.296 e. The topological polar surface area (TPSA) is 93.2 Å². The number of hydrogen-bond donors (Lipinski definition) is 1. The number of nitrogens with zero attached hydrogens (tertiary/aromatic N) is 6. The minimum absolute atomic E-state index is 0.265. The zero-order chi connectivity index (χ0) is 17.0. The van der Waals surface area contributed by atoms with Gasteiger partial charge in [-0.15, -0.1) is 10.2 Å². The summed E-state index contributed by atoms with van der Waals surface area (Å²) < 4.78 is 3.08. The van der Waals surface area contributed by atoms with Crippen LogP contribution in [0.3, 0.4) is 0 Å². The molecule has 0 fully saturated rings. The molecule has 4 aromatic rings. The van der Waals surface area contributed by atoms with Crippen molar-refractivity contribution in [2.75, 3.05) is 0 Å². The molecule has 0 aliphatic carbocycles. The summed E-state index contributed by atoms with van der Waals surface area (Å²) >= 11 is 0. The molecule has 0 unspecified atom stereocenters. The number of para-hydroxylation sites is 1. The molecule has 1 aliphatic rings. The monoisotopic (exact) mass is 331 g/mol. The highest BCUT2D eigenvalue weighted by Crippen LogP contribution is 2.27. The molecule has 0 saturated carbocycles. The number of fused-ring (bicyclic) bond motifs is 2. The Morgan fingerprint density at radius 3 is 2.84 bits per heavy atom. The van der Waals surface area contributed by atoms with E-state index >= 15 is 0 Å². The van der Waals surface area contributed by atoms with Crippen molar-refractivity contribution in [3.05, 3.63) is 64.3 Å². The van der Waals surface area contributed by atoms with Gasteiger partial charge in [-0.3, -0.25) is 19.6 Å². The summed E-state index contributed by atoms with van der Waals surface area (Å²) in [5, 5.41) is 15.7. The summed E-state index contributed by atoms with van der Waals surface area (Å²) in [6.07, 6.45) is 4.13. The van der Waals surface area contributed by atoms with E-state index in [4.69, 9.17) is 0 Å². The van der Waals surface area contributed by atoms with E-state index in [-0.39, 0.29) is 11.3 Å². The molecule has 0 saturated heterocycles. The Morgan fingerprint density at radius 1 is 1.16 bits per heavy atom. The van der Waals surface area contributed by atoms with E-state index in [1.807, 2.05) is 43.6 Å². The van der Waals surface area contributed by atoms with Gasteiger partial charge in [0.15, 0.2) is 11.3 Å². The lowest BCUT2D eigenvalue weighted by Gasteiger charge is -1.99. The maximum Gasteiger partial charge on any atom is 0.300 e. The van der Waals surface area contributed by atoms with E-state index in [0.29, 0.717) is 17.8 Å². The fourth-order valence-electron chi connectivity index (χ4n) is 3.07. The number of benzene rings is 1. The third-order valence-electron chi connectivity index (χ3n) is 4.31. The Hall–Kier alpha value is -3.55. The van der Waals surface area contributed by atoms with Gasteiger partial charge in [-0.25, -0.2) is 0 Å². The lowest BCUT2D eigenvalue weighted by molar-refractivity contribution is 0.771. The number of nitrogens with one attached hydrogen (secondary N) is 1. The van der Waals surface area contributed by atoms with Gasteiger partial charge in [0.1, 0.15) is 0 Å². The maximum atomic E-state index is 12.8. The molecule has 0 radical (unpaired) electrons. The highest BCUT2D eigenvalue weighted by Gasteiger charge is 2.22. The predicted octanol–water partition coefficient (Wildman–Crippen LogP) is 1.49. The molecule has 1 aromatic carbocycles. The van der Waals surface area contributed by atoms with Gasteiger partial charge >= 0.3 is 5.56 Å². The molecule has 0 spiro atoms. The summed E-state index contributed by atoms with van der Waals surface area (Å²) in [4.78, 5) is 17.4. The van der Waals surface area contributed by atoms with Crippen LogP contribution in [0.15, 0.2) is 52.5 Å². The van der Waals surface area contributed by atoms with Crippen molar-refractivity contribution in [1.29, 1.82) is 0 Å². The van der Waals surface area contributed by atoms with Gasteiger partial charge in [-0.05, 0) is 17.7 Å². The molecule has 122 valence electrons. The van der Waals surface area contributed by atoms with Crippen LogP contribution in [-0.2, 0) is 13.5 Å². The molecule has 4 heterocycles. The Kier molecular flexibility index (Phi) is 2.75. The Labute approximate surface area is 141 Å². The van der Waals surface area contributed by atoms with Crippen LogP contribution in [0.4, 0.5) is 5.69 Å². The van der Waals surface area contributed by atoms with Gasteiger partial charge in [-0.2, -0.15) is 9.61 Å². The van der Waals surface area contributed by atoms with Crippen molar-refractivity contribution in [2.45, 2.75) is 6.42 Å². The van der Waals surface area contributed by atoms with Gasteiger partial charge in [0.05, 0.1) is 22.7 Å². The molecule has 8 nitrogen and oxygen atoms in total. The second kappa shape index (κ2) is 4.97. The lowest BCUT2D eigenvalue weighted by Crippen LogP contribution is -2.26. The number of rotatable bonds is 2. The third kappa shape index (κ3) is 2.04. The molecule has 1 N–H and O–H groups in total. The van der Waals surface area contributed by atoms with Crippen molar-refractivity contribution in [3.63, 3.8) is 0 Å². The first-order valence-electron chi connectivity index (χ1n) is 7.83. The fourth-order valence-corrected chi connectivity index (χ4v) is 3.07. The second-order valence-corrected chi connectivity index (χ2v) is 5.94. The van der Waals surface area contributed by atoms with Crippen LogP contribution in [0.2, 0.25) is 0 Å². The van der Waals surface area contributed by atoms with E-state index in [2.05, 4.69) is 25.4 Å². The fraction of sp³-hybridized carbons (Fsp3) is 0.118. The molecule has 8 heteroatoms. The quantitative estimate of drug-likeness (QED) is 0.602. The predicted molar refractivity (Wildman–Crippen MR) is 92.2 cm³/mol. The smallest absolute Gasteiger partial charge is 0.296 e. The van der Waals surface area contributed by atoms with E-state index in [9.17, 15) is 4.79 Å². The van der Waals surface area contributed by atoms with Crippen molar-refractivity contribution in [2.24, 2.45) is 12.0 Å². The molecule has 3 aromatic heterocycles. The first-order valence-corrected chi connectivity index (χ1v) is 7.83. The number of aromatic nitrogens is 6. The van der Waals surface area contributed by atoms with Crippen LogP contribution in [-0.4, -0.2) is 35.3 Å². The zero-order valence-electron chi connectivity index (χ0n) is 13.3. The van der Waals surface area contributed by atoms with Gasteiger partial charge < -0.3 is 0 Å². The number of H-pyrrole nitrogens is 1. The molecular weight excluding hydrogens is 318 g/mol. The Balaban J connectivity index is 1.64. The first-order chi connectivity index (χ1) is 12.2. The molecule has 0 atom stereocenters. The van der Waals surface area contributed by atoms with Crippen LogP contribution in [0.1, 0.15) is 11.3 Å². The van der Waals surface area contributed by atoms with Crippen LogP contribution in [0, 0.1) is 0 Å². The minimum atomic E-state index is -0.265. The summed E-state index contributed by atoms with van der Waals surface area (Å²) in [5.74, 6) is 0. The maximum absolute atomic E-state index is 12.8. The van der Waals surface area contributed by atoms with E-state index in [1.165, 1.54) is 4.52 Å². The molecular formula is C17H13N7O. The van der Waals surface area contributed by atoms with Gasteiger partial charge in [0, 0.05) is 25.9 Å². The van der Waals surface area contributed by atoms with Crippen LogP contribution >= 0.6 is 0 Å². The number of aryl methyl sites for hydroxylation is 1. The van der Waals surface area contributed by atoms with Crippen LogP contribution in [0.25, 0.3) is 16.9 Å². The van der Waals surface area contributed by atoms with Crippen LogP contribution in [0.5, 0.6) is 0 Å². The second-order valence-electron chi connectivity index (χ2n) is 5.94. The summed E-state index contributed by atoms with van der Waals surface area (Å²) in [6, 6.07) is 9.68. The standard InChI is InChI=1S/C17H13N7O/c1-23-7-6-13(22-23)11-9-18-24-16(11)21-20-15(17(24)25)14-8-10-4-2-3-5-12(10)19-14/h2-7,9,18H,8H2,1H3. The van der Waals surface area contributed by atoms with Gasteiger partial charge in [-0.1, -0.05) is 18.2 Å². The highest BCUT2D eigenvalue weighted by atomic mass is 16.1. The highest BCUT2D eigenvalue weighted by molar-refractivity contribution is 6.05. The van der Waals surface area contributed by atoms with Gasteiger partial charge in [0.25, 0.3) is 0 Å². The van der Waals surface area contributed by atoms with E-state index in [1.54, 1.807) is 10.9 Å².